The zero-order valence-corrected chi connectivity index (χ0v) is 10.3. The average Bonchev–Trinajstić information content (AvgIpc) is 2.12. The Kier molecular flexibility index (Phi) is 4.56. The van der Waals surface area contributed by atoms with E-state index < -0.39 is 0 Å². The van der Waals surface area contributed by atoms with Crippen molar-refractivity contribution in [3.8, 4) is 0 Å². The number of rotatable bonds is 4. The first-order chi connectivity index (χ1) is 8.02. The maximum Gasteiger partial charge on any atom is 0.131 e. The molecule has 0 saturated carbocycles. The second kappa shape index (κ2) is 5.93. The first-order valence-corrected chi connectivity index (χ1v) is 5.54. The van der Waals surface area contributed by atoms with Crippen molar-refractivity contribution >= 4 is 11.7 Å². The van der Waals surface area contributed by atoms with Crippen LogP contribution in [0.4, 0.5) is 0 Å². The molecule has 1 aliphatic heterocycles. The van der Waals surface area contributed by atoms with E-state index in [9.17, 15) is 0 Å². The number of hydrogen-bond acceptors (Lipinski definition) is 4. The van der Waals surface area contributed by atoms with Crippen molar-refractivity contribution in [3.63, 3.8) is 0 Å². The second-order valence-electron chi connectivity index (χ2n) is 3.93. The van der Waals surface area contributed by atoms with E-state index in [0.717, 1.165) is 19.5 Å². The van der Waals surface area contributed by atoms with Gasteiger partial charge in [0.1, 0.15) is 17.5 Å². The molecular formula is C11H20N6. The van der Waals surface area contributed by atoms with E-state index in [2.05, 4.69) is 10.3 Å². The Morgan fingerprint density at radius 3 is 2.41 bits per heavy atom. The molecule has 0 aliphatic carbocycles. The molecule has 0 spiro atoms. The van der Waals surface area contributed by atoms with E-state index in [4.69, 9.17) is 16.9 Å². The van der Waals surface area contributed by atoms with Gasteiger partial charge in [0.15, 0.2) is 0 Å². The molecule has 1 saturated heterocycles. The zero-order chi connectivity index (χ0) is 12.8. The molecule has 0 radical (unpaired) electrons. The molecule has 6 N–H and O–H groups in total. The molecule has 0 amide bonds. The highest BCUT2D eigenvalue weighted by Crippen LogP contribution is 2.07. The van der Waals surface area contributed by atoms with Crippen LogP contribution in [0, 0.1) is 5.41 Å². The summed E-state index contributed by atoms with van der Waals surface area (Å²) in [5.41, 5.74) is 11.8. The summed E-state index contributed by atoms with van der Waals surface area (Å²) in [6.45, 7) is 3.62. The smallest absolute Gasteiger partial charge is 0.131 e. The van der Waals surface area contributed by atoms with Crippen LogP contribution in [0.25, 0.3) is 0 Å². The summed E-state index contributed by atoms with van der Waals surface area (Å²) in [5, 5.41) is 10.7. The van der Waals surface area contributed by atoms with Crippen LogP contribution in [0.15, 0.2) is 28.7 Å². The molecule has 1 heterocycles. The molecule has 0 bridgehead atoms. The minimum Gasteiger partial charge on any atom is -0.402 e. The quantitative estimate of drug-likeness (QED) is 0.406. The lowest BCUT2D eigenvalue weighted by Crippen LogP contribution is -2.41. The molecule has 0 unspecified atom stereocenters. The van der Waals surface area contributed by atoms with E-state index >= 15 is 0 Å². The monoisotopic (exact) mass is 236 g/mol. The highest BCUT2D eigenvalue weighted by atomic mass is 15.2. The highest BCUT2D eigenvalue weighted by Gasteiger charge is 2.15. The van der Waals surface area contributed by atoms with Crippen LogP contribution in [0.5, 0.6) is 0 Å². The third-order valence-electron chi connectivity index (χ3n) is 2.35. The number of likely N-dealkylation sites (tertiary alicyclic amines) is 1. The Bertz CT molecular complexity index is 371. The van der Waals surface area contributed by atoms with Gasteiger partial charge in [-0.15, -0.1) is 0 Å². The fourth-order valence-electron chi connectivity index (χ4n) is 1.34. The summed E-state index contributed by atoms with van der Waals surface area (Å²) >= 11 is 0. The molecule has 0 aromatic carbocycles. The van der Waals surface area contributed by atoms with Gasteiger partial charge in [-0.3, -0.25) is 5.41 Å². The molecule has 1 rings (SSSR count). The van der Waals surface area contributed by atoms with E-state index in [1.165, 1.54) is 0 Å². The van der Waals surface area contributed by atoms with Crippen LogP contribution in [-0.2, 0) is 0 Å². The van der Waals surface area contributed by atoms with Gasteiger partial charge in [0.05, 0.1) is 0 Å². The molecule has 6 heteroatoms. The molecular weight excluding hydrogens is 216 g/mol. The van der Waals surface area contributed by atoms with Gasteiger partial charge in [0, 0.05) is 31.9 Å². The van der Waals surface area contributed by atoms with Crippen LogP contribution in [0.3, 0.4) is 0 Å². The van der Waals surface area contributed by atoms with Gasteiger partial charge >= 0.3 is 0 Å². The van der Waals surface area contributed by atoms with E-state index in [-0.39, 0.29) is 0 Å². The standard InChI is InChI=1S/C11H20N6/c1-8(12)6-9(13)16-11(15-2)7-10(14)17-4-3-5-17/h6-7,14-15H,3-5,12H2,1-2H3,(H2,13,16)/b8-6-,11-7?,14-10?. The van der Waals surface area contributed by atoms with E-state index in [1.807, 2.05) is 4.90 Å². The predicted molar refractivity (Wildman–Crippen MR) is 70.6 cm³/mol. The van der Waals surface area contributed by atoms with Crippen LogP contribution >= 0.6 is 0 Å². The van der Waals surface area contributed by atoms with Gasteiger partial charge < -0.3 is 21.7 Å². The highest BCUT2D eigenvalue weighted by molar-refractivity contribution is 5.94. The lowest BCUT2D eigenvalue weighted by molar-refractivity contribution is 0.299. The summed E-state index contributed by atoms with van der Waals surface area (Å²) in [6.07, 6.45) is 4.38. The molecule has 1 aliphatic rings. The number of allylic oxidation sites excluding steroid dienone is 1. The normalized spacial score (nSPS) is 17.8. The number of hydrogen-bond donors (Lipinski definition) is 4. The van der Waals surface area contributed by atoms with Crippen LogP contribution in [0.1, 0.15) is 13.3 Å². The number of amidine groups is 2. The minimum atomic E-state index is 0.321. The van der Waals surface area contributed by atoms with Gasteiger partial charge in [0.25, 0.3) is 0 Å². The van der Waals surface area contributed by atoms with E-state index in [0.29, 0.717) is 23.2 Å². The van der Waals surface area contributed by atoms with Crippen molar-refractivity contribution < 1.29 is 0 Å². The summed E-state index contributed by atoms with van der Waals surface area (Å²) in [5.74, 6) is 1.32. The van der Waals surface area contributed by atoms with Crippen molar-refractivity contribution in [1.29, 1.82) is 5.41 Å². The number of nitrogens with one attached hydrogen (secondary N) is 2. The summed E-state index contributed by atoms with van der Waals surface area (Å²) < 4.78 is 0. The van der Waals surface area contributed by atoms with Gasteiger partial charge in [-0.25, -0.2) is 4.99 Å². The van der Waals surface area contributed by atoms with Gasteiger partial charge in [0.2, 0.25) is 0 Å². The number of nitrogens with zero attached hydrogens (tertiary/aromatic N) is 2. The SMILES string of the molecule is CNC(=CC(=N)N1CCC1)N=C(N)/C=C(/C)N. The fraction of sp³-hybridized carbons (Fsp3) is 0.455. The molecule has 17 heavy (non-hydrogen) atoms. The Labute approximate surface area is 102 Å². The molecule has 1 fully saturated rings. The van der Waals surface area contributed by atoms with Crippen molar-refractivity contribution in [2.45, 2.75) is 13.3 Å². The minimum absolute atomic E-state index is 0.321. The Hall–Kier alpha value is -1.98. The first kappa shape index (κ1) is 13.1. The molecule has 6 nitrogen and oxygen atoms in total. The lowest BCUT2D eigenvalue weighted by Gasteiger charge is -2.32. The van der Waals surface area contributed by atoms with Crippen LogP contribution in [-0.4, -0.2) is 36.7 Å². The molecule has 94 valence electrons. The third kappa shape index (κ3) is 4.18. The zero-order valence-electron chi connectivity index (χ0n) is 10.3. The summed E-state index contributed by atoms with van der Waals surface area (Å²) in [4.78, 5) is 6.10. The molecule has 0 atom stereocenters. The molecule has 0 aromatic heterocycles. The van der Waals surface area contributed by atoms with Gasteiger partial charge in [-0.05, 0) is 19.4 Å². The van der Waals surface area contributed by atoms with Crippen molar-refractivity contribution in [2.75, 3.05) is 20.1 Å². The number of aliphatic imine (C=N–C) groups is 1. The predicted octanol–water partition coefficient (Wildman–Crippen LogP) is -0.0501. The van der Waals surface area contributed by atoms with Crippen LogP contribution in [0.2, 0.25) is 0 Å². The Morgan fingerprint density at radius 1 is 1.35 bits per heavy atom. The Balaban J connectivity index is 2.73. The maximum atomic E-state index is 7.82. The van der Waals surface area contributed by atoms with Crippen molar-refractivity contribution in [1.82, 2.24) is 10.2 Å². The summed E-state index contributed by atoms with van der Waals surface area (Å²) in [7, 11) is 1.74. The fourth-order valence-corrected chi connectivity index (χ4v) is 1.34. The first-order valence-electron chi connectivity index (χ1n) is 5.54. The number of nitrogens with two attached hydrogens (primary N) is 2. The maximum absolute atomic E-state index is 7.82. The van der Waals surface area contributed by atoms with Crippen molar-refractivity contribution in [2.24, 2.45) is 16.5 Å². The summed E-state index contributed by atoms with van der Waals surface area (Å²) in [6, 6.07) is 0. The third-order valence-corrected chi connectivity index (χ3v) is 2.35. The second-order valence-corrected chi connectivity index (χ2v) is 3.93. The lowest BCUT2D eigenvalue weighted by atomic mass is 10.2. The Morgan fingerprint density at radius 2 is 2.00 bits per heavy atom. The van der Waals surface area contributed by atoms with Gasteiger partial charge in [-0.2, -0.15) is 0 Å². The largest absolute Gasteiger partial charge is 0.402 e. The molecule has 0 aromatic rings. The average molecular weight is 236 g/mol. The van der Waals surface area contributed by atoms with Gasteiger partial charge in [-0.1, -0.05) is 0 Å². The van der Waals surface area contributed by atoms with Crippen LogP contribution < -0.4 is 16.8 Å². The topological polar surface area (TPSA) is 104 Å². The van der Waals surface area contributed by atoms with Crippen molar-refractivity contribution in [3.05, 3.63) is 23.7 Å². The van der Waals surface area contributed by atoms with E-state index in [1.54, 1.807) is 26.1 Å².